The Morgan fingerprint density at radius 3 is 2.71 bits per heavy atom. The monoisotopic (exact) mass is 522 g/mol. The molecule has 0 radical (unpaired) electrons. The van der Waals surface area contributed by atoms with Crippen LogP contribution in [0.4, 0.5) is 0 Å². The van der Waals surface area contributed by atoms with Crippen molar-refractivity contribution in [1.29, 1.82) is 0 Å². The van der Waals surface area contributed by atoms with Gasteiger partial charge in [0.05, 0.1) is 10.7 Å². The van der Waals surface area contributed by atoms with Gasteiger partial charge in [0.2, 0.25) is 0 Å². The van der Waals surface area contributed by atoms with Crippen molar-refractivity contribution >= 4 is 66.6 Å². The number of halogens is 3. The lowest BCUT2D eigenvalue weighted by Gasteiger charge is -2.03. The number of carbonyl (C=O) groups is 1. The summed E-state index contributed by atoms with van der Waals surface area (Å²) in [5.74, 6) is -0.189. The average Bonchev–Trinajstić information content (AvgIpc) is 2.44. The van der Waals surface area contributed by atoms with Crippen LogP contribution in [-0.4, -0.2) is 17.2 Å². The molecule has 0 fully saturated rings. The highest BCUT2D eigenvalue weighted by atomic mass is 127. The minimum Gasteiger partial charge on any atom is -0.507 e. The number of nitrogens with one attached hydrogen (secondary N) is 1. The van der Waals surface area contributed by atoms with Crippen LogP contribution in [0.2, 0.25) is 0 Å². The summed E-state index contributed by atoms with van der Waals surface area (Å²) in [4.78, 5) is 11.9. The summed E-state index contributed by atoms with van der Waals surface area (Å²) in [5.41, 5.74) is 3.64. The number of hydrogen-bond acceptors (Lipinski definition) is 3. The highest BCUT2D eigenvalue weighted by Gasteiger charge is 2.06. The number of carbonyl (C=O) groups excluding carboxylic acids is 1. The molecule has 0 aliphatic heterocycles. The molecule has 2 rings (SSSR count). The average molecular weight is 524 g/mol. The maximum Gasteiger partial charge on any atom is 0.271 e. The molecule has 0 saturated heterocycles. The van der Waals surface area contributed by atoms with E-state index in [2.05, 4.69) is 65.0 Å². The molecule has 2 N–H and O–H groups in total. The first-order valence-corrected chi connectivity index (χ1v) is 8.41. The summed E-state index contributed by atoms with van der Waals surface area (Å²) in [6, 6.07) is 10.4. The first-order chi connectivity index (χ1) is 9.97. The van der Waals surface area contributed by atoms with Crippen LogP contribution in [0.3, 0.4) is 0 Å². The van der Waals surface area contributed by atoms with Crippen LogP contribution in [0.25, 0.3) is 0 Å². The molecule has 2 aromatic rings. The fourth-order valence-corrected chi connectivity index (χ4v) is 3.15. The van der Waals surface area contributed by atoms with E-state index in [0.717, 1.165) is 8.04 Å². The number of aromatic hydroxyl groups is 1. The zero-order valence-electron chi connectivity index (χ0n) is 10.5. The number of amides is 1. The Bertz CT molecular complexity index is 720. The zero-order valence-corrected chi connectivity index (χ0v) is 15.8. The van der Waals surface area contributed by atoms with Crippen LogP contribution in [0.15, 0.2) is 50.4 Å². The second kappa shape index (κ2) is 7.37. The van der Waals surface area contributed by atoms with Crippen molar-refractivity contribution in [2.45, 2.75) is 0 Å². The lowest BCUT2D eigenvalue weighted by molar-refractivity contribution is 0.0955. The predicted molar refractivity (Wildman–Crippen MR) is 97.7 cm³/mol. The van der Waals surface area contributed by atoms with E-state index in [1.54, 1.807) is 18.2 Å². The fourth-order valence-electron chi connectivity index (χ4n) is 1.51. The summed E-state index contributed by atoms with van der Waals surface area (Å²) in [5, 5.41) is 13.5. The van der Waals surface area contributed by atoms with E-state index in [-0.39, 0.29) is 11.7 Å². The number of phenols is 1. The summed E-state index contributed by atoms with van der Waals surface area (Å²) in [7, 11) is 0. The molecule has 4 nitrogen and oxygen atoms in total. The van der Waals surface area contributed by atoms with E-state index in [4.69, 9.17) is 0 Å². The van der Waals surface area contributed by atoms with Gasteiger partial charge >= 0.3 is 0 Å². The third-order valence-electron chi connectivity index (χ3n) is 2.52. The van der Waals surface area contributed by atoms with Gasteiger partial charge in [-0.05, 0) is 68.9 Å². The fraction of sp³-hybridized carbons (Fsp3) is 0. The van der Waals surface area contributed by atoms with Gasteiger partial charge in [0.1, 0.15) is 5.75 Å². The quantitative estimate of drug-likeness (QED) is 0.358. The predicted octanol–water partition coefficient (Wildman–Crippen LogP) is 4.29. The van der Waals surface area contributed by atoms with Crippen molar-refractivity contribution in [2.24, 2.45) is 5.10 Å². The van der Waals surface area contributed by atoms with Crippen LogP contribution in [0.1, 0.15) is 15.9 Å². The summed E-state index contributed by atoms with van der Waals surface area (Å²) >= 11 is 8.71. The van der Waals surface area contributed by atoms with E-state index < -0.39 is 0 Å². The lowest BCUT2D eigenvalue weighted by atomic mass is 10.2. The van der Waals surface area contributed by atoms with Gasteiger partial charge in [0.25, 0.3) is 5.91 Å². The SMILES string of the molecule is O=C(N/N=C/c1cc(O)c(Br)cc1Br)c1cccc(I)c1. The Labute approximate surface area is 152 Å². The molecule has 0 spiro atoms. The Hall–Kier alpha value is -0.930. The second-order valence-corrected chi connectivity index (χ2v) is 6.99. The summed E-state index contributed by atoms with van der Waals surface area (Å²) in [6.45, 7) is 0. The first kappa shape index (κ1) is 16.4. The molecule has 0 atom stereocenters. The van der Waals surface area contributed by atoms with Crippen LogP contribution < -0.4 is 5.43 Å². The topological polar surface area (TPSA) is 61.7 Å². The van der Waals surface area contributed by atoms with Crippen molar-refractivity contribution < 1.29 is 9.90 Å². The molecule has 0 aliphatic rings. The standard InChI is InChI=1S/C14H9Br2IN2O2/c15-11-6-12(16)13(20)5-9(11)7-18-19-14(21)8-2-1-3-10(17)4-8/h1-7,20H,(H,19,21)/b18-7+. The van der Waals surface area contributed by atoms with Crippen LogP contribution in [0.5, 0.6) is 5.75 Å². The van der Waals surface area contributed by atoms with Crippen LogP contribution in [0, 0.1) is 3.57 Å². The molecule has 0 unspecified atom stereocenters. The maximum absolute atomic E-state index is 11.9. The lowest BCUT2D eigenvalue weighted by Crippen LogP contribution is -2.17. The first-order valence-electron chi connectivity index (χ1n) is 5.74. The molecule has 108 valence electrons. The molecule has 0 aliphatic carbocycles. The smallest absolute Gasteiger partial charge is 0.271 e. The number of hydrogen-bond donors (Lipinski definition) is 2. The largest absolute Gasteiger partial charge is 0.507 e. The molecule has 1 amide bonds. The third-order valence-corrected chi connectivity index (χ3v) is 4.52. The number of benzene rings is 2. The summed E-state index contributed by atoms with van der Waals surface area (Å²) < 4.78 is 2.30. The maximum atomic E-state index is 11.9. The third kappa shape index (κ3) is 4.52. The van der Waals surface area contributed by atoms with Gasteiger partial charge in [-0.1, -0.05) is 22.0 Å². The number of hydrazone groups is 1. The highest BCUT2D eigenvalue weighted by Crippen LogP contribution is 2.29. The van der Waals surface area contributed by atoms with Crippen molar-refractivity contribution in [1.82, 2.24) is 5.43 Å². The summed E-state index contributed by atoms with van der Waals surface area (Å²) in [6.07, 6.45) is 1.46. The van der Waals surface area contributed by atoms with E-state index in [9.17, 15) is 9.90 Å². The minimum absolute atomic E-state index is 0.101. The Morgan fingerprint density at radius 1 is 1.24 bits per heavy atom. The van der Waals surface area contributed by atoms with E-state index >= 15 is 0 Å². The van der Waals surface area contributed by atoms with Gasteiger partial charge in [-0.15, -0.1) is 0 Å². The van der Waals surface area contributed by atoms with Gasteiger partial charge < -0.3 is 5.11 Å². The number of nitrogens with zero attached hydrogens (tertiary/aromatic N) is 1. The van der Waals surface area contributed by atoms with Gasteiger partial charge in [-0.2, -0.15) is 5.10 Å². The number of phenolic OH excluding ortho intramolecular Hbond substituents is 1. The minimum atomic E-state index is -0.290. The van der Waals surface area contributed by atoms with Crippen molar-refractivity contribution in [3.63, 3.8) is 0 Å². The van der Waals surface area contributed by atoms with Crippen molar-refractivity contribution in [3.8, 4) is 5.75 Å². The Balaban J connectivity index is 2.09. The zero-order chi connectivity index (χ0) is 15.4. The van der Waals surface area contributed by atoms with Crippen molar-refractivity contribution in [2.75, 3.05) is 0 Å². The molecule has 0 aromatic heterocycles. The molecular weight excluding hydrogens is 515 g/mol. The molecule has 21 heavy (non-hydrogen) atoms. The van der Waals surface area contributed by atoms with Gasteiger partial charge in [0, 0.05) is 19.2 Å². The molecule has 7 heteroatoms. The van der Waals surface area contributed by atoms with Gasteiger partial charge in [0.15, 0.2) is 0 Å². The number of rotatable bonds is 3. The Morgan fingerprint density at radius 2 is 2.00 bits per heavy atom. The second-order valence-electron chi connectivity index (χ2n) is 4.03. The molecule has 2 aromatic carbocycles. The molecule has 0 bridgehead atoms. The van der Waals surface area contributed by atoms with Gasteiger partial charge in [-0.25, -0.2) is 5.43 Å². The van der Waals surface area contributed by atoms with E-state index in [0.29, 0.717) is 15.6 Å². The molecular formula is C14H9Br2IN2O2. The van der Waals surface area contributed by atoms with Crippen molar-refractivity contribution in [3.05, 3.63) is 60.0 Å². The normalized spacial score (nSPS) is 10.8. The van der Waals surface area contributed by atoms with Crippen LogP contribution >= 0.6 is 54.5 Å². The Kier molecular flexibility index (Phi) is 5.77. The van der Waals surface area contributed by atoms with Crippen LogP contribution in [-0.2, 0) is 0 Å². The van der Waals surface area contributed by atoms with E-state index in [1.165, 1.54) is 12.3 Å². The van der Waals surface area contributed by atoms with Gasteiger partial charge in [-0.3, -0.25) is 4.79 Å². The highest BCUT2D eigenvalue weighted by molar-refractivity contribution is 14.1. The van der Waals surface area contributed by atoms with E-state index in [1.807, 2.05) is 12.1 Å². The molecule has 0 heterocycles. The molecule has 0 saturated carbocycles.